The molecule has 0 heterocycles. The third-order valence-electron chi connectivity index (χ3n) is 3.48. The van der Waals surface area contributed by atoms with Crippen LogP contribution in [0.1, 0.15) is 19.4 Å². The molecule has 0 saturated heterocycles. The summed E-state index contributed by atoms with van der Waals surface area (Å²) in [6, 6.07) is 7.98. The lowest BCUT2D eigenvalue weighted by Crippen LogP contribution is -2.43. The number of benzene rings is 1. The first-order valence-electron chi connectivity index (χ1n) is 7.43. The highest BCUT2D eigenvalue weighted by Gasteiger charge is 2.16. The van der Waals surface area contributed by atoms with E-state index in [0.717, 1.165) is 24.3 Å². The molecule has 1 atom stereocenters. The van der Waals surface area contributed by atoms with E-state index in [1.165, 1.54) is 0 Å². The number of hydrogen-bond acceptors (Lipinski definition) is 4. The maximum Gasteiger partial charge on any atom is 0.238 e. The Hall–Kier alpha value is -1.43. The van der Waals surface area contributed by atoms with Crippen molar-refractivity contribution in [3.63, 3.8) is 0 Å². The lowest BCUT2D eigenvalue weighted by Gasteiger charge is -2.29. The number of nitrogens with zero attached hydrogens (tertiary/aromatic N) is 2. The highest BCUT2D eigenvalue weighted by Crippen LogP contribution is 2.09. The van der Waals surface area contributed by atoms with Gasteiger partial charge in [-0.25, -0.2) is 0 Å². The molecule has 0 aliphatic heterocycles. The fraction of sp³-hybridized carbons (Fsp3) is 0.562. The van der Waals surface area contributed by atoms with Crippen molar-refractivity contribution in [1.29, 1.82) is 0 Å². The van der Waals surface area contributed by atoms with Crippen LogP contribution in [-0.2, 0) is 11.3 Å². The minimum absolute atomic E-state index is 0.0166. The molecule has 1 aromatic carbocycles. The minimum atomic E-state index is 0.0166. The highest BCUT2D eigenvalue weighted by atomic mass is 16.2. The largest absolute Gasteiger partial charge is 0.326 e. The molecule has 0 aliphatic rings. The molecule has 1 unspecified atom stereocenters. The van der Waals surface area contributed by atoms with E-state index >= 15 is 0 Å². The molecule has 0 radical (unpaired) electrons. The van der Waals surface area contributed by atoms with Crippen LogP contribution in [0.5, 0.6) is 0 Å². The monoisotopic (exact) mass is 292 g/mol. The second kappa shape index (κ2) is 8.77. The number of rotatable bonds is 8. The third kappa shape index (κ3) is 6.25. The molecule has 0 aliphatic carbocycles. The van der Waals surface area contributed by atoms with Crippen molar-refractivity contribution in [2.75, 3.05) is 39.0 Å². The van der Waals surface area contributed by atoms with E-state index < -0.39 is 0 Å². The lowest BCUT2D eigenvalue weighted by molar-refractivity contribution is -0.117. The van der Waals surface area contributed by atoms with E-state index in [0.29, 0.717) is 19.1 Å². The summed E-state index contributed by atoms with van der Waals surface area (Å²) in [7, 11) is 4.09. The molecule has 0 fully saturated rings. The summed E-state index contributed by atoms with van der Waals surface area (Å²) in [6.45, 7) is 6.94. The van der Waals surface area contributed by atoms with Crippen molar-refractivity contribution in [3.05, 3.63) is 29.8 Å². The van der Waals surface area contributed by atoms with Crippen LogP contribution < -0.4 is 11.1 Å². The normalized spacial score (nSPS) is 12.7. The Balaban J connectivity index is 2.53. The fourth-order valence-electron chi connectivity index (χ4n) is 2.33. The smallest absolute Gasteiger partial charge is 0.238 e. The Labute approximate surface area is 128 Å². The predicted molar refractivity (Wildman–Crippen MR) is 88.2 cm³/mol. The van der Waals surface area contributed by atoms with Crippen molar-refractivity contribution < 1.29 is 4.79 Å². The topological polar surface area (TPSA) is 61.6 Å². The van der Waals surface area contributed by atoms with Gasteiger partial charge in [0.25, 0.3) is 0 Å². The molecule has 0 saturated carbocycles. The number of likely N-dealkylation sites (N-methyl/N-ethyl adjacent to an activating group) is 2. The van der Waals surface area contributed by atoms with Crippen LogP contribution in [-0.4, -0.2) is 55.5 Å². The van der Waals surface area contributed by atoms with E-state index in [2.05, 4.69) is 29.0 Å². The summed E-state index contributed by atoms with van der Waals surface area (Å²) in [5, 5.41) is 2.93. The molecule has 3 N–H and O–H groups in total. The maximum atomic E-state index is 12.1. The molecular formula is C16H28N4O. The zero-order valence-corrected chi connectivity index (χ0v) is 13.6. The number of nitrogens with one attached hydrogen (secondary N) is 1. The molecular weight excluding hydrogens is 264 g/mol. The predicted octanol–water partition coefficient (Wildman–Crippen LogP) is 1.36. The second-order valence-electron chi connectivity index (χ2n) is 5.62. The van der Waals surface area contributed by atoms with Crippen molar-refractivity contribution in [2.24, 2.45) is 5.73 Å². The van der Waals surface area contributed by atoms with Gasteiger partial charge in [-0.15, -0.1) is 0 Å². The van der Waals surface area contributed by atoms with Gasteiger partial charge in [-0.05, 0) is 45.3 Å². The Morgan fingerprint density at radius 2 is 1.90 bits per heavy atom. The van der Waals surface area contributed by atoms with E-state index in [4.69, 9.17) is 5.73 Å². The van der Waals surface area contributed by atoms with Crippen molar-refractivity contribution in [3.8, 4) is 0 Å². The Morgan fingerprint density at radius 1 is 1.29 bits per heavy atom. The summed E-state index contributed by atoms with van der Waals surface area (Å²) in [5.41, 5.74) is 7.43. The summed E-state index contributed by atoms with van der Waals surface area (Å²) >= 11 is 0. The SMILES string of the molecule is CCN(CC(=O)Nc1ccc(CN)cc1)C(C)CN(C)C. The average Bonchev–Trinajstić information content (AvgIpc) is 2.44. The van der Waals surface area contributed by atoms with Crippen LogP contribution in [0.3, 0.4) is 0 Å². The van der Waals surface area contributed by atoms with Crippen LogP contribution in [0.15, 0.2) is 24.3 Å². The number of hydrogen-bond donors (Lipinski definition) is 2. The first-order valence-corrected chi connectivity index (χ1v) is 7.43. The molecule has 1 rings (SSSR count). The minimum Gasteiger partial charge on any atom is -0.326 e. The van der Waals surface area contributed by atoms with Gasteiger partial charge in [0, 0.05) is 24.8 Å². The first kappa shape index (κ1) is 17.6. The van der Waals surface area contributed by atoms with Crippen LogP contribution >= 0.6 is 0 Å². The molecule has 1 aromatic rings. The molecule has 21 heavy (non-hydrogen) atoms. The molecule has 118 valence electrons. The lowest BCUT2D eigenvalue weighted by atomic mass is 10.2. The Morgan fingerprint density at radius 3 is 2.38 bits per heavy atom. The standard InChI is InChI=1S/C16H28N4O/c1-5-20(13(2)11-19(3)4)12-16(21)18-15-8-6-14(10-17)7-9-15/h6-9,13H,5,10-12,17H2,1-4H3,(H,18,21). The van der Waals surface area contributed by atoms with E-state index in [-0.39, 0.29) is 5.91 Å². The molecule has 5 heteroatoms. The zero-order chi connectivity index (χ0) is 15.8. The number of amides is 1. The van der Waals surface area contributed by atoms with Crippen LogP contribution in [0.2, 0.25) is 0 Å². The molecule has 0 spiro atoms. The van der Waals surface area contributed by atoms with Gasteiger partial charge in [0.15, 0.2) is 0 Å². The highest BCUT2D eigenvalue weighted by molar-refractivity contribution is 5.92. The summed E-state index contributed by atoms with van der Waals surface area (Å²) in [5.74, 6) is 0.0166. The average molecular weight is 292 g/mol. The van der Waals surface area contributed by atoms with Gasteiger partial charge in [-0.2, -0.15) is 0 Å². The van der Waals surface area contributed by atoms with Gasteiger partial charge in [0.05, 0.1) is 6.54 Å². The Kier molecular flexibility index (Phi) is 7.36. The third-order valence-corrected chi connectivity index (χ3v) is 3.48. The molecule has 1 amide bonds. The quantitative estimate of drug-likeness (QED) is 0.759. The Bertz CT molecular complexity index is 430. The number of carbonyl (C=O) groups is 1. The van der Waals surface area contributed by atoms with Crippen LogP contribution in [0.25, 0.3) is 0 Å². The molecule has 5 nitrogen and oxygen atoms in total. The maximum absolute atomic E-state index is 12.1. The summed E-state index contributed by atoms with van der Waals surface area (Å²) < 4.78 is 0. The summed E-state index contributed by atoms with van der Waals surface area (Å²) in [4.78, 5) is 16.4. The van der Waals surface area contributed by atoms with E-state index in [1.54, 1.807) is 0 Å². The van der Waals surface area contributed by atoms with Gasteiger partial charge < -0.3 is 16.0 Å². The van der Waals surface area contributed by atoms with Crippen LogP contribution in [0.4, 0.5) is 5.69 Å². The number of carbonyl (C=O) groups excluding carboxylic acids is 1. The van der Waals surface area contributed by atoms with Gasteiger partial charge in [-0.3, -0.25) is 9.69 Å². The number of anilines is 1. The van der Waals surface area contributed by atoms with Crippen LogP contribution in [0, 0.1) is 0 Å². The van der Waals surface area contributed by atoms with Gasteiger partial charge >= 0.3 is 0 Å². The van der Waals surface area contributed by atoms with E-state index in [1.807, 2.05) is 38.4 Å². The van der Waals surface area contributed by atoms with Gasteiger partial charge in [0.1, 0.15) is 0 Å². The van der Waals surface area contributed by atoms with Crippen molar-refractivity contribution >= 4 is 11.6 Å². The molecule has 0 bridgehead atoms. The van der Waals surface area contributed by atoms with Crippen molar-refractivity contribution in [1.82, 2.24) is 9.80 Å². The fourth-order valence-corrected chi connectivity index (χ4v) is 2.33. The van der Waals surface area contributed by atoms with Gasteiger partial charge in [-0.1, -0.05) is 19.1 Å². The second-order valence-corrected chi connectivity index (χ2v) is 5.62. The molecule has 0 aromatic heterocycles. The zero-order valence-electron chi connectivity index (χ0n) is 13.6. The van der Waals surface area contributed by atoms with E-state index in [9.17, 15) is 4.79 Å². The number of nitrogens with two attached hydrogens (primary N) is 1. The first-order chi connectivity index (χ1) is 9.96. The van der Waals surface area contributed by atoms with Gasteiger partial charge in [0.2, 0.25) is 5.91 Å². The van der Waals surface area contributed by atoms with Crippen molar-refractivity contribution in [2.45, 2.75) is 26.4 Å². The summed E-state index contributed by atoms with van der Waals surface area (Å²) in [6.07, 6.45) is 0.